The standard InChI is InChI=1S/C19H19N7O2/c20-18-17-16(23-15(24-17)9-11-2-1-7-26(11)19(27)28)12-4-3-10(8-14(12)22-18)13-5-6-21-25-13/h3-6,8,11H,1-2,7,9H2,(H2,20,22)(H,21,25)(H,23,24)(H,27,28)/t11-/m1/s1. The van der Waals surface area contributed by atoms with Gasteiger partial charge >= 0.3 is 6.09 Å². The average Bonchev–Trinajstić information content (AvgIpc) is 3.42. The number of carboxylic acid groups (broad SMARTS) is 1. The molecular formula is C19H19N7O2. The SMILES string of the molecule is Nc1nc2cc(-c3cc[nH]n3)ccc2c2[nH]c(C[C@H]3CCCN3C(=O)O)nc12. The van der Waals surface area contributed by atoms with Crippen molar-refractivity contribution < 1.29 is 9.90 Å². The molecule has 28 heavy (non-hydrogen) atoms. The van der Waals surface area contributed by atoms with Gasteiger partial charge in [-0.1, -0.05) is 6.07 Å². The fraction of sp³-hybridized carbons (Fsp3) is 0.263. The molecule has 5 N–H and O–H groups in total. The van der Waals surface area contributed by atoms with Crippen LogP contribution in [0.25, 0.3) is 33.2 Å². The van der Waals surface area contributed by atoms with E-state index in [0.29, 0.717) is 24.3 Å². The number of amides is 1. The van der Waals surface area contributed by atoms with Crippen molar-refractivity contribution in [3.8, 4) is 11.3 Å². The zero-order valence-corrected chi connectivity index (χ0v) is 15.0. The number of anilines is 1. The van der Waals surface area contributed by atoms with Gasteiger partial charge in [0.2, 0.25) is 0 Å². The second-order valence-electron chi connectivity index (χ2n) is 7.07. The van der Waals surface area contributed by atoms with Gasteiger partial charge in [0.25, 0.3) is 0 Å². The number of hydrogen-bond acceptors (Lipinski definition) is 5. The van der Waals surface area contributed by atoms with Crippen LogP contribution in [0.5, 0.6) is 0 Å². The molecule has 0 saturated carbocycles. The molecule has 0 aliphatic carbocycles. The Hall–Kier alpha value is -3.62. The summed E-state index contributed by atoms with van der Waals surface area (Å²) in [5.41, 5.74) is 10.2. The molecule has 1 aliphatic heterocycles. The Bertz CT molecular complexity index is 1180. The monoisotopic (exact) mass is 377 g/mol. The van der Waals surface area contributed by atoms with Gasteiger partial charge in [-0.2, -0.15) is 5.10 Å². The summed E-state index contributed by atoms with van der Waals surface area (Å²) in [6.45, 7) is 0.572. The first-order valence-electron chi connectivity index (χ1n) is 9.17. The normalized spacial score (nSPS) is 17.0. The van der Waals surface area contributed by atoms with Crippen LogP contribution in [0.2, 0.25) is 0 Å². The molecule has 0 spiro atoms. The van der Waals surface area contributed by atoms with Crippen molar-refractivity contribution >= 4 is 33.8 Å². The van der Waals surface area contributed by atoms with E-state index in [4.69, 9.17) is 5.73 Å². The number of rotatable bonds is 3. The number of benzene rings is 1. The molecule has 1 fully saturated rings. The lowest BCUT2D eigenvalue weighted by atomic mass is 10.1. The highest BCUT2D eigenvalue weighted by Gasteiger charge is 2.29. The fourth-order valence-corrected chi connectivity index (χ4v) is 4.02. The van der Waals surface area contributed by atoms with E-state index in [9.17, 15) is 9.90 Å². The van der Waals surface area contributed by atoms with Crippen molar-refractivity contribution in [2.45, 2.75) is 25.3 Å². The van der Waals surface area contributed by atoms with Gasteiger partial charge in [-0.3, -0.25) is 5.10 Å². The summed E-state index contributed by atoms with van der Waals surface area (Å²) in [5, 5.41) is 17.3. The van der Waals surface area contributed by atoms with Crippen molar-refractivity contribution in [2.24, 2.45) is 0 Å². The summed E-state index contributed by atoms with van der Waals surface area (Å²) < 4.78 is 0. The number of aromatic amines is 2. The van der Waals surface area contributed by atoms with E-state index in [1.165, 1.54) is 4.90 Å². The van der Waals surface area contributed by atoms with Crippen molar-refractivity contribution in [3.63, 3.8) is 0 Å². The molecule has 3 aromatic heterocycles. The Labute approximate surface area is 159 Å². The molecule has 142 valence electrons. The summed E-state index contributed by atoms with van der Waals surface area (Å²) in [6.07, 6.45) is 3.14. The lowest BCUT2D eigenvalue weighted by molar-refractivity contribution is 0.140. The summed E-state index contributed by atoms with van der Waals surface area (Å²) >= 11 is 0. The molecule has 1 aliphatic rings. The maximum absolute atomic E-state index is 11.4. The lowest BCUT2D eigenvalue weighted by Gasteiger charge is -2.20. The quantitative estimate of drug-likeness (QED) is 0.433. The first kappa shape index (κ1) is 16.5. The summed E-state index contributed by atoms with van der Waals surface area (Å²) in [6, 6.07) is 7.75. The third-order valence-electron chi connectivity index (χ3n) is 5.35. The second kappa shape index (κ2) is 6.22. The molecule has 0 radical (unpaired) electrons. The van der Waals surface area contributed by atoms with E-state index in [-0.39, 0.29) is 6.04 Å². The number of nitrogens with two attached hydrogens (primary N) is 1. The Balaban J connectivity index is 1.56. The highest BCUT2D eigenvalue weighted by molar-refractivity contribution is 6.07. The molecule has 1 amide bonds. The fourth-order valence-electron chi connectivity index (χ4n) is 4.02. The molecule has 9 heteroatoms. The Kier molecular flexibility index (Phi) is 3.68. The van der Waals surface area contributed by atoms with Crippen LogP contribution in [0.4, 0.5) is 10.6 Å². The number of nitrogens with one attached hydrogen (secondary N) is 2. The number of fused-ring (bicyclic) bond motifs is 3. The van der Waals surface area contributed by atoms with Crippen LogP contribution in [0.1, 0.15) is 18.7 Å². The summed E-state index contributed by atoms with van der Waals surface area (Å²) in [5.74, 6) is 1.08. The zero-order chi connectivity index (χ0) is 19.3. The van der Waals surface area contributed by atoms with Gasteiger partial charge in [-0.25, -0.2) is 14.8 Å². The molecule has 1 atom stereocenters. The van der Waals surface area contributed by atoms with Crippen molar-refractivity contribution in [2.75, 3.05) is 12.3 Å². The van der Waals surface area contributed by atoms with Crippen LogP contribution < -0.4 is 5.73 Å². The average molecular weight is 377 g/mol. The predicted octanol–water partition coefficient (Wildman–Crippen LogP) is 2.77. The smallest absolute Gasteiger partial charge is 0.407 e. The van der Waals surface area contributed by atoms with Gasteiger partial charge < -0.3 is 20.7 Å². The van der Waals surface area contributed by atoms with E-state index in [2.05, 4.69) is 25.1 Å². The molecule has 1 aromatic carbocycles. The number of aromatic nitrogens is 5. The number of hydrogen-bond donors (Lipinski definition) is 4. The van der Waals surface area contributed by atoms with Crippen LogP contribution in [-0.2, 0) is 6.42 Å². The topological polar surface area (TPSA) is 137 Å². The number of carbonyl (C=O) groups is 1. The Morgan fingerprint density at radius 1 is 1.32 bits per heavy atom. The molecule has 4 aromatic rings. The maximum Gasteiger partial charge on any atom is 0.407 e. The van der Waals surface area contributed by atoms with Crippen LogP contribution in [0.15, 0.2) is 30.5 Å². The molecule has 9 nitrogen and oxygen atoms in total. The number of imidazole rings is 1. The van der Waals surface area contributed by atoms with Gasteiger partial charge in [0, 0.05) is 36.2 Å². The maximum atomic E-state index is 11.4. The van der Waals surface area contributed by atoms with Crippen LogP contribution in [0, 0.1) is 0 Å². The third kappa shape index (κ3) is 2.63. The van der Waals surface area contributed by atoms with Gasteiger partial charge in [-0.15, -0.1) is 0 Å². The second-order valence-corrected chi connectivity index (χ2v) is 7.07. The largest absolute Gasteiger partial charge is 0.465 e. The summed E-state index contributed by atoms with van der Waals surface area (Å²) in [4.78, 5) is 25.4. The van der Waals surface area contributed by atoms with Crippen molar-refractivity contribution in [1.29, 1.82) is 0 Å². The van der Waals surface area contributed by atoms with Crippen molar-refractivity contribution in [1.82, 2.24) is 30.0 Å². The Morgan fingerprint density at radius 2 is 2.21 bits per heavy atom. The summed E-state index contributed by atoms with van der Waals surface area (Å²) in [7, 11) is 0. The van der Waals surface area contributed by atoms with Gasteiger partial charge in [0.1, 0.15) is 11.3 Å². The molecule has 1 saturated heterocycles. The highest BCUT2D eigenvalue weighted by Crippen LogP contribution is 2.30. The lowest BCUT2D eigenvalue weighted by Crippen LogP contribution is -2.35. The van der Waals surface area contributed by atoms with E-state index in [1.54, 1.807) is 6.20 Å². The Morgan fingerprint density at radius 3 is 3.00 bits per heavy atom. The molecule has 0 unspecified atom stereocenters. The molecule has 5 rings (SSSR count). The van der Waals surface area contributed by atoms with E-state index in [0.717, 1.165) is 46.3 Å². The minimum atomic E-state index is -0.879. The molecule has 4 heterocycles. The number of H-pyrrole nitrogens is 2. The first-order chi connectivity index (χ1) is 13.6. The minimum absolute atomic E-state index is 0.0650. The van der Waals surface area contributed by atoms with Crippen LogP contribution >= 0.6 is 0 Å². The predicted molar refractivity (Wildman–Crippen MR) is 105 cm³/mol. The number of nitrogens with zero attached hydrogens (tertiary/aromatic N) is 4. The first-order valence-corrected chi connectivity index (χ1v) is 9.17. The molecule has 0 bridgehead atoms. The number of pyridine rings is 1. The minimum Gasteiger partial charge on any atom is -0.465 e. The van der Waals surface area contributed by atoms with E-state index < -0.39 is 6.09 Å². The van der Waals surface area contributed by atoms with Gasteiger partial charge in [0.15, 0.2) is 5.82 Å². The van der Waals surface area contributed by atoms with Crippen LogP contribution in [0.3, 0.4) is 0 Å². The number of likely N-dealkylation sites (tertiary alicyclic amines) is 1. The third-order valence-corrected chi connectivity index (χ3v) is 5.35. The van der Waals surface area contributed by atoms with Crippen molar-refractivity contribution in [3.05, 3.63) is 36.3 Å². The zero-order valence-electron chi connectivity index (χ0n) is 15.0. The van der Waals surface area contributed by atoms with Gasteiger partial charge in [-0.05, 0) is 31.0 Å². The van der Waals surface area contributed by atoms with E-state index >= 15 is 0 Å². The molecular weight excluding hydrogens is 358 g/mol. The van der Waals surface area contributed by atoms with E-state index in [1.807, 2.05) is 24.3 Å². The number of nitrogen functional groups attached to an aromatic ring is 1. The van der Waals surface area contributed by atoms with Crippen LogP contribution in [-0.4, -0.2) is 53.8 Å². The highest BCUT2D eigenvalue weighted by atomic mass is 16.4. The van der Waals surface area contributed by atoms with Gasteiger partial charge in [0.05, 0.1) is 16.7 Å².